The van der Waals surface area contributed by atoms with Crippen molar-refractivity contribution in [2.45, 2.75) is 11.0 Å². The molecule has 0 saturated carbocycles. The van der Waals surface area contributed by atoms with Gasteiger partial charge in [0.25, 0.3) is 0 Å². The number of nitrogen functional groups attached to an aromatic ring is 1. The SMILES string of the molecule is Nc1cc(S(N)(=O)=O)ccc1NCC1COCCO1. The van der Waals surface area contributed by atoms with Crippen LogP contribution in [-0.2, 0) is 19.5 Å². The van der Waals surface area contributed by atoms with Crippen LogP contribution in [0.5, 0.6) is 0 Å². The van der Waals surface area contributed by atoms with Crippen molar-refractivity contribution < 1.29 is 17.9 Å². The van der Waals surface area contributed by atoms with Gasteiger partial charge in [0.15, 0.2) is 0 Å². The Morgan fingerprint density at radius 2 is 2.16 bits per heavy atom. The molecule has 0 amide bonds. The second-order valence-electron chi connectivity index (χ2n) is 4.24. The molecule has 8 heteroatoms. The summed E-state index contributed by atoms with van der Waals surface area (Å²) < 4.78 is 33.1. The summed E-state index contributed by atoms with van der Waals surface area (Å²) in [6.07, 6.45) is -0.0360. The molecule has 1 aromatic carbocycles. The molecule has 5 N–H and O–H groups in total. The first-order valence-corrected chi connectivity index (χ1v) is 7.37. The van der Waals surface area contributed by atoms with E-state index in [2.05, 4.69) is 5.32 Å². The quantitative estimate of drug-likeness (QED) is 0.657. The van der Waals surface area contributed by atoms with Crippen molar-refractivity contribution in [1.29, 1.82) is 0 Å². The summed E-state index contributed by atoms with van der Waals surface area (Å²) in [5.74, 6) is 0. The second kappa shape index (κ2) is 5.74. The van der Waals surface area contributed by atoms with Gasteiger partial charge in [0, 0.05) is 6.54 Å². The largest absolute Gasteiger partial charge is 0.397 e. The summed E-state index contributed by atoms with van der Waals surface area (Å²) >= 11 is 0. The van der Waals surface area contributed by atoms with Crippen LogP contribution >= 0.6 is 0 Å². The molecule has 0 bridgehead atoms. The lowest BCUT2D eigenvalue weighted by atomic mass is 10.2. The standard InChI is InChI=1S/C11H17N3O4S/c12-10-5-9(19(13,15)16)1-2-11(10)14-6-8-7-17-3-4-18-8/h1-2,5,8,14H,3-4,6-7,12H2,(H2,13,15,16). The van der Waals surface area contributed by atoms with Gasteiger partial charge in [-0.1, -0.05) is 0 Å². The molecule has 0 spiro atoms. The van der Waals surface area contributed by atoms with Crippen LogP contribution in [0.3, 0.4) is 0 Å². The average molecular weight is 287 g/mol. The van der Waals surface area contributed by atoms with Crippen LogP contribution in [0.1, 0.15) is 0 Å². The molecular weight excluding hydrogens is 270 g/mol. The smallest absolute Gasteiger partial charge is 0.238 e. The fraction of sp³-hybridized carbons (Fsp3) is 0.455. The Morgan fingerprint density at radius 3 is 2.74 bits per heavy atom. The normalized spacial score (nSPS) is 20.2. The third-order valence-electron chi connectivity index (χ3n) is 2.76. The van der Waals surface area contributed by atoms with E-state index in [0.717, 1.165) is 0 Å². The molecule has 1 atom stereocenters. The van der Waals surface area contributed by atoms with E-state index in [0.29, 0.717) is 37.7 Å². The minimum absolute atomic E-state index is 0.00667. The summed E-state index contributed by atoms with van der Waals surface area (Å²) in [4.78, 5) is -0.00667. The van der Waals surface area contributed by atoms with Gasteiger partial charge in [0.1, 0.15) is 0 Å². The van der Waals surface area contributed by atoms with E-state index < -0.39 is 10.0 Å². The molecular formula is C11H17N3O4S. The van der Waals surface area contributed by atoms with E-state index >= 15 is 0 Å². The molecule has 1 aliphatic heterocycles. The number of benzene rings is 1. The Hall–Kier alpha value is -1.35. The van der Waals surface area contributed by atoms with Crippen LogP contribution in [-0.4, -0.2) is 40.9 Å². The van der Waals surface area contributed by atoms with E-state index in [-0.39, 0.29) is 11.0 Å². The second-order valence-corrected chi connectivity index (χ2v) is 5.80. The Kier molecular flexibility index (Phi) is 4.25. The highest BCUT2D eigenvalue weighted by Gasteiger charge is 2.15. The molecule has 1 unspecified atom stereocenters. The van der Waals surface area contributed by atoms with Gasteiger partial charge in [0.2, 0.25) is 10.0 Å². The third-order valence-corrected chi connectivity index (χ3v) is 3.67. The fourth-order valence-electron chi connectivity index (χ4n) is 1.76. The monoisotopic (exact) mass is 287 g/mol. The molecule has 0 aliphatic carbocycles. The van der Waals surface area contributed by atoms with Crippen LogP contribution in [0.25, 0.3) is 0 Å². The molecule has 19 heavy (non-hydrogen) atoms. The third kappa shape index (κ3) is 3.80. The Morgan fingerprint density at radius 1 is 1.37 bits per heavy atom. The van der Waals surface area contributed by atoms with Crippen molar-refractivity contribution in [3.05, 3.63) is 18.2 Å². The van der Waals surface area contributed by atoms with Gasteiger partial charge in [-0.2, -0.15) is 0 Å². The summed E-state index contributed by atoms with van der Waals surface area (Å²) in [7, 11) is -3.73. The first-order valence-electron chi connectivity index (χ1n) is 5.82. The number of sulfonamides is 1. The highest BCUT2D eigenvalue weighted by Crippen LogP contribution is 2.22. The van der Waals surface area contributed by atoms with Crippen molar-refractivity contribution >= 4 is 21.4 Å². The molecule has 1 aliphatic rings. The van der Waals surface area contributed by atoms with E-state index in [1.807, 2.05) is 0 Å². The maximum absolute atomic E-state index is 11.2. The van der Waals surface area contributed by atoms with Crippen LogP contribution in [0.4, 0.5) is 11.4 Å². The molecule has 2 rings (SSSR count). The number of hydrogen-bond donors (Lipinski definition) is 3. The number of ether oxygens (including phenoxy) is 2. The van der Waals surface area contributed by atoms with Crippen molar-refractivity contribution in [2.24, 2.45) is 5.14 Å². The van der Waals surface area contributed by atoms with Gasteiger partial charge in [-0.25, -0.2) is 13.6 Å². The van der Waals surface area contributed by atoms with Gasteiger partial charge >= 0.3 is 0 Å². The minimum atomic E-state index is -3.73. The summed E-state index contributed by atoms with van der Waals surface area (Å²) in [5.41, 5.74) is 6.74. The average Bonchev–Trinajstić information content (AvgIpc) is 2.37. The number of hydrogen-bond acceptors (Lipinski definition) is 6. The molecule has 0 radical (unpaired) electrons. The lowest BCUT2D eigenvalue weighted by Crippen LogP contribution is -2.34. The highest BCUT2D eigenvalue weighted by atomic mass is 32.2. The van der Waals surface area contributed by atoms with Crippen molar-refractivity contribution in [3.63, 3.8) is 0 Å². The maximum atomic E-state index is 11.2. The van der Waals surface area contributed by atoms with E-state index in [1.165, 1.54) is 12.1 Å². The van der Waals surface area contributed by atoms with Crippen LogP contribution < -0.4 is 16.2 Å². The van der Waals surface area contributed by atoms with Crippen molar-refractivity contribution in [2.75, 3.05) is 37.4 Å². The zero-order chi connectivity index (χ0) is 13.9. The number of anilines is 2. The fourth-order valence-corrected chi connectivity index (χ4v) is 2.31. The van der Waals surface area contributed by atoms with Gasteiger partial charge in [0.05, 0.1) is 42.2 Å². The van der Waals surface area contributed by atoms with E-state index in [1.54, 1.807) is 6.07 Å². The van der Waals surface area contributed by atoms with Crippen LogP contribution in [0.15, 0.2) is 23.1 Å². The Bertz CT molecular complexity index is 541. The predicted molar refractivity (Wildman–Crippen MR) is 71.3 cm³/mol. The summed E-state index contributed by atoms with van der Waals surface area (Å²) in [5, 5.41) is 8.12. The first-order chi connectivity index (χ1) is 8.97. The zero-order valence-electron chi connectivity index (χ0n) is 10.3. The van der Waals surface area contributed by atoms with Crippen molar-refractivity contribution in [3.8, 4) is 0 Å². The molecule has 7 nitrogen and oxygen atoms in total. The Labute approximate surface area is 111 Å². The maximum Gasteiger partial charge on any atom is 0.238 e. The number of nitrogens with two attached hydrogens (primary N) is 2. The molecule has 1 aromatic rings. The predicted octanol–water partition coefficient (Wildman–Crippen LogP) is -0.257. The van der Waals surface area contributed by atoms with Gasteiger partial charge in [-0.3, -0.25) is 0 Å². The molecule has 1 heterocycles. The van der Waals surface area contributed by atoms with Gasteiger partial charge < -0.3 is 20.5 Å². The Balaban J connectivity index is 2.01. The summed E-state index contributed by atoms with van der Waals surface area (Å²) in [6.45, 7) is 2.26. The van der Waals surface area contributed by atoms with Gasteiger partial charge in [-0.05, 0) is 18.2 Å². The molecule has 1 fully saturated rings. The lowest BCUT2D eigenvalue weighted by molar-refractivity contribution is -0.0818. The van der Waals surface area contributed by atoms with Gasteiger partial charge in [-0.15, -0.1) is 0 Å². The first kappa shape index (κ1) is 14.1. The molecule has 1 saturated heterocycles. The number of primary sulfonamides is 1. The topological polar surface area (TPSA) is 117 Å². The number of rotatable bonds is 4. The van der Waals surface area contributed by atoms with Crippen LogP contribution in [0.2, 0.25) is 0 Å². The highest BCUT2D eigenvalue weighted by molar-refractivity contribution is 7.89. The van der Waals surface area contributed by atoms with Crippen molar-refractivity contribution in [1.82, 2.24) is 0 Å². The summed E-state index contributed by atoms with van der Waals surface area (Å²) in [6, 6.07) is 4.32. The number of nitrogens with one attached hydrogen (secondary N) is 1. The molecule has 0 aromatic heterocycles. The van der Waals surface area contributed by atoms with Crippen LogP contribution in [0, 0.1) is 0 Å². The van der Waals surface area contributed by atoms with E-state index in [9.17, 15) is 8.42 Å². The zero-order valence-corrected chi connectivity index (χ0v) is 11.2. The minimum Gasteiger partial charge on any atom is -0.397 e. The lowest BCUT2D eigenvalue weighted by Gasteiger charge is -2.23. The molecule has 106 valence electrons. The van der Waals surface area contributed by atoms with E-state index in [4.69, 9.17) is 20.3 Å².